The highest BCUT2D eigenvalue weighted by atomic mass is 32.2. The average molecular weight is 498 g/mol. The minimum atomic E-state index is -3.82. The fourth-order valence-corrected chi connectivity index (χ4v) is 5.51. The van der Waals surface area contributed by atoms with Gasteiger partial charge in [0.25, 0.3) is 5.91 Å². The monoisotopic (exact) mass is 497 g/mol. The Morgan fingerprint density at radius 3 is 2.30 bits per heavy atom. The molecule has 178 valence electrons. The van der Waals surface area contributed by atoms with Gasteiger partial charge in [-0.25, -0.2) is 12.8 Å². The van der Waals surface area contributed by atoms with Crippen molar-refractivity contribution in [1.82, 2.24) is 13.8 Å². The number of anilines is 1. The topological polar surface area (TPSA) is 135 Å². The van der Waals surface area contributed by atoms with Crippen molar-refractivity contribution in [2.24, 2.45) is 12.8 Å². The molecule has 0 unspecified atom stereocenters. The summed E-state index contributed by atoms with van der Waals surface area (Å²) < 4.78 is 41.2. The van der Waals surface area contributed by atoms with E-state index in [4.69, 9.17) is 5.73 Å². The van der Waals surface area contributed by atoms with Crippen LogP contribution in [0.25, 0.3) is 0 Å². The molecule has 3 amide bonds. The maximum absolute atomic E-state index is 12.9. The molecular formula is C20H24FN5O5S2. The number of carbonyl (C=O) groups excluding carboxylic acids is 3. The number of piperazine rings is 1. The smallest absolute Gasteiger partial charge is 0.265 e. The number of carbonyl (C=O) groups is 3. The first-order valence-corrected chi connectivity index (χ1v) is 12.5. The van der Waals surface area contributed by atoms with E-state index in [1.165, 1.54) is 52.4 Å². The number of halogens is 1. The summed E-state index contributed by atoms with van der Waals surface area (Å²) in [5, 5.41) is 2.62. The number of amides is 3. The Hall–Kier alpha value is -2.90. The van der Waals surface area contributed by atoms with Gasteiger partial charge in [-0.2, -0.15) is 4.31 Å². The molecule has 0 radical (unpaired) electrons. The third-order valence-electron chi connectivity index (χ3n) is 5.05. The van der Waals surface area contributed by atoms with Crippen LogP contribution in [0.1, 0.15) is 10.5 Å². The quantitative estimate of drug-likeness (QED) is 0.544. The van der Waals surface area contributed by atoms with Crippen molar-refractivity contribution >= 4 is 45.2 Å². The molecule has 1 aliphatic heterocycles. The summed E-state index contributed by atoms with van der Waals surface area (Å²) in [6, 6.07) is 6.60. The molecule has 2 heterocycles. The van der Waals surface area contributed by atoms with Gasteiger partial charge >= 0.3 is 0 Å². The van der Waals surface area contributed by atoms with E-state index in [1.807, 2.05) is 0 Å². The number of hydrogen-bond donors (Lipinski definition) is 2. The van der Waals surface area contributed by atoms with Crippen LogP contribution in [-0.4, -0.2) is 77.6 Å². The van der Waals surface area contributed by atoms with E-state index in [1.54, 1.807) is 4.90 Å². The Kier molecular flexibility index (Phi) is 7.76. The number of rotatable bonds is 8. The molecule has 1 aliphatic rings. The van der Waals surface area contributed by atoms with E-state index in [9.17, 15) is 27.2 Å². The van der Waals surface area contributed by atoms with Crippen molar-refractivity contribution in [1.29, 1.82) is 0 Å². The van der Waals surface area contributed by atoms with Crippen LogP contribution in [0, 0.1) is 5.82 Å². The van der Waals surface area contributed by atoms with E-state index in [2.05, 4.69) is 5.32 Å². The Bertz CT molecular complexity index is 1140. The Morgan fingerprint density at radius 1 is 1.09 bits per heavy atom. The second kappa shape index (κ2) is 10.4. The van der Waals surface area contributed by atoms with Crippen molar-refractivity contribution in [3.8, 4) is 0 Å². The van der Waals surface area contributed by atoms with Gasteiger partial charge in [0.15, 0.2) is 0 Å². The van der Waals surface area contributed by atoms with Crippen molar-refractivity contribution in [3.63, 3.8) is 0 Å². The van der Waals surface area contributed by atoms with Gasteiger partial charge in [-0.05, 0) is 30.3 Å². The minimum absolute atomic E-state index is 0.0266. The number of aryl methyl sites for hydroxylation is 1. The fourth-order valence-electron chi connectivity index (χ4n) is 3.30. The molecule has 2 aromatic rings. The normalized spacial score (nSPS) is 14.8. The number of nitrogens with zero attached hydrogens (tertiary/aromatic N) is 3. The zero-order valence-electron chi connectivity index (χ0n) is 17.9. The van der Waals surface area contributed by atoms with E-state index in [-0.39, 0.29) is 60.1 Å². The standard InChI is InChI=1S/C20H24FN5O5S2/c1-24-11-16(10-17(24)20(22)29)33(30,31)26-8-6-25(7-9-26)19(28)13-32-12-18(27)23-15-4-2-14(21)3-5-15/h2-5,10-11H,6-9,12-13H2,1H3,(H2,22,29)(H,23,27). The van der Waals surface area contributed by atoms with Gasteiger partial charge in [-0.3, -0.25) is 14.4 Å². The number of primary amides is 1. The van der Waals surface area contributed by atoms with Crippen LogP contribution < -0.4 is 11.1 Å². The second-order valence-electron chi connectivity index (χ2n) is 7.37. The van der Waals surface area contributed by atoms with Crippen LogP contribution in [0.15, 0.2) is 41.4 Å². The first-order chi connectivity index (χ1) is 15.6. The first-order valence-electron chi connectivity index (χ1n) is 9.95. The summed E-state index contributed by atoms with van der Waals surface area (Å²) in [5.41, 5.74) is 5.80. The Balaban J connectivity index is 1.45. The lowest BCUT2D eigenvalue weighted by molar-refractivity contribution is -0.129. The second-order valence-corrected chi connectivity index (χ2v) is 10.3. The molecule has 1 fully saturated rings. The third kappa shape index (κ3) is 6.12. The number of nitrogens with one attached hydrogen (secondary N) is 1. The molecular weight excluding hydrogens is 473 g/mol. The highest BCUT2D eigenvalue weighted by molar-refractivity contribution is 8.00. The Morgan fingerprint density at radius 2 is 1.73 bits per heavy atom. The summed E-state index contributed by atoms with van der Waals surface area (Å²) in [7, 11) is -2.29. The fraction of sp³-hybridized carbons (Fsp3) is 0.350. The highest BCUT2D eigenvalue weighted by Gasteiger charge is 2.31. The van der Waals surface area contributed by atoms with Gasteiger partial charge < -0.3 is 20.5 Å². The van der Waals surface area contributed by atoms with Gasteiger partial charge in [0.1, 0.15) is 16.4 Å². The van der Waals surface area contributed by atoms with E-state index in [0.29, 0.717) is 5.69 Å². The number of aromatic nitrogens is 1. The number of sulfonamides is 1. The predicted octanol–water partition coefficient (Wildman–Crippen LogP) is 0.468. The molecule has 3 N–H and O–H groups in total. The van der Waals surface area contributed by atoms with Gasteiger partial charge in [-0.15, -0.1) is 11.8 Å². The molecule has 33 heavy (non-hydrogen) atoms. The first kappa shape index (κ1) is 24.7. The van der Waals surface area contributed by atoms with Crippen molar-refractivity contribution in [2.45, 2.75) is 4.90 Å². The molecule has 0 saturated carbocycles. The lowest BCUT2D eigenvalue weighted by atomic mass is 10.3. The molecule has 10 nitrogen and oxygen atoms in total. The van der Waals surface area contributed by atoms with E-state index >= 15 is 0 Å². The predicted molar refractivity (Wildman–Crippen MR) is 122 cm³/mol. The van der Waals surface area contributed by atoms with E-state index in [0.717, 1.165) is 11.8 Å². The number of benzene rings is 1. The number of thioether (sulfide) groups is 1. The molecule has 0 spiro atoms. The van der Waals surface area contributed by atoms with Gasteiger partial charge in [0.05, 0.1) is 11.5 Å². The van der Waals surface area contributed by atoms with Crippen LogP contribution in [0.2, 0.25) is 0 Å². The van der Waals surface area contributed by atoms with Crippen LogP contribution in [-0.2, 0) is 26.7 Å². The van der Waals surface area contributed by atoms with Gasteiger partial charge in [-0.1, -0.05) is 0 Å². The molecule has 13 heteroatoms. The largest absolute Gasteiger partial charge is 0.364 e. The molecule has 0 aliphatic carbocycles. The maximum atomic E-state index is 12.9. The molecule has 1 aromatic heterocycles. The van der Waals surface area contributed by atoms with E-state index < -0.39 is 21.7 Å². The summed E-state index contributed by atoms with van der Waals surface area (Å²) in [5.74, 6) is -1.51. The molecule has 1 aromatic carbocycles. The summed E-state index contributed by atoms with van der Waals surface area (Å²) in [4.78, 5) is 37.3. The maximum Gasteiger partial charge on any atom is 0.265 e. The minimum Gasteiger partial charge on any atom is -0.364 e. The summed E-state index contributed by atoms with van der Waals surface area (Å²) in [6.45, 7) is 0.668. The SMILES string of the molecule is Cn1cc(S(=O)(=O)N2CCN(C(=O)CSCC(=O)Nc3ccc(F)cc3)CC2)cc1C(N)=O. The zero-order chi connectivity index (χ0) is 24.2. The van der Waals surface area contributed by atoms with Crippen molar-refractivity contribution < 1.29 is 27.2 Å². The number of hydrogen-bond acceptors (Lipinski definition) is 6. The molecule has 3 rings (SSSR count). The van der Waals surface area contributed by atoms with Crippen LogP contribution in [0.3, 0.4) is 0 Å². The Labute approximate surface area is 194 Å². The van der Waals surface area contributed by atoms with Crippen LogP contribution in [0.5, 0.6) is 0 Å². The molecule has 0 atom stereocenters. The number of nitrogens with two attached hydrogens (primary N) is 1. The third-order valence-corrected chi connectivity index (χ3v) is 7.83. The van der Waals surface area contributed by atoms with Crippen LogP contribution >= 0.6 is 11.8 Å². The average Bonchev–Trinajstić information content (AvgIpc) is 3.18. The van der Waals surface area contributed by atoms with Crippen molar-refractivity contribution in [3.05, 3.63) is 48.0 Å². The van der Waals surface area contributed by atoms with Crippen molar-refractivity contribution in [2.75, 3.05) is 43.0 Å². The van der Waals surface area contributed by atoms with Gasteiger partial charge in [0, 0.05) is 45.1 Å². The molecule has 0 bridgehead atoms. The van der Waals surface area contributed by atoms with Gasteiger partial charge in [0.2, 0.25) is 21.8 Å². The summed E-state index contributed by atoms with van der Waals surface area (Å²) >= 11 is 1.14. The highest BCUT2D eigenvalue weighted by Crippen LogP contribution is 2.20. The van der Waals surface area contributed by atoms with Crippen LogP contribution in [0.4, 0.5) is 10.1 Å². The molecule has 1 saturated heterocycles. The lowest BCUT2D eigenvalue weighted by Crippen LogP contribution is -2.51. The zero-order valence-corrected chi connectivity index (χ0v) is 19.5. The lowest BCUT2D eigenvalue weighted by Gasteiger charge is -2.33. The summed E-state index contributed by atoms with van der Waals surface area (Å²) in [6.07, 6.45) is 1.33.